The maximum atomic E-state index is 16.0. The van der Waals surface area contributed by atoms with Crippen molar-refractivity contribution in [1.82, 2.24) is 0 Å². The fourth-order valence-corrected chi connectivity index (χ4v) is 4.99. The van der Waals surface area contributed by atoms with Crippen LogP contribution in [0, 0.1) is 0 Å². The molecule has 0 amide bonds. The summed E-state index contributed by atoms with van der Waals surface area (Å²) in [6.45, 7) is 0. The largest absolute Gasteiger partial charge is 0.332 e. The summed E-state index contributed by atoms with van der Waals surface area (Å²) in [6, 6.07) is 28.8. The number of rotatable bonds is 4. The lowest BCUT2D eigenvalue weighted by molar-refractivity contribution is 0.841. The summed E-state index contributed by atoms with van der Waals surface area (Å²) in [5.41, 5.74) is 2.79. The Balaban J connectivity index is 2.06. The molecule has 0 fully saturated rings. The van der Waals surface area contributed by atoms with Gasteiger partial charge >= 0.3 is 8.41 Å². The normalized spacial score (nSPS) is 11.7. The summed E-state index contributed by atoms with van der Waals surface area (Å²) in [5.74, 6) is 0. The summed E-state index contributed by atoms with van der Waals surface area (Å²) in [6.07, 6.45) is 1.90. The Morgan fingerprint density at radius 3 is 1.45 bits per heavy atom. The molecule has 0 radical (unpaired) electrons. The molecule has 22 heavy (non-hydrogen) atoms. The standard InChI is InChI=1S/C20H17FSi/c21-22(19-12-6-2-7-13-19,20-14-8-3-9-15-20)17-16-18-10-4-1-5-11-18/h1-17H/b17-16-. The van der Waals surface area contributed by atoms with Crippen molar-refractivity contribution in [2.45, 2.75) is 0 Å². The van der Waals surface area contributed by atoms with Crippen molar-refractivity contribution in [2.24, 2.45) is 0 Å². The number of hydrogen-bond acceptors (Lipinski definition) is 0. The van der Waals surface area contributed by atoms with Crippen molar-refractivity contribution in [2.75, 3.05) is 0 Å². The lowest BCUT2D eigenvalue weighted by atomic mass is 10.2. The van der Waals surface area contributed by atoms with E-state index in [1.165, 1.54) is 0 Å². The van der Waals surface area contributed by atoms with E-state index >= 15 is 4.11 Å². The summed E-state index contributed by atoms with van der Waals surface area (Å²) in [7, 11) is -3.36. The predicted octanol–water partition coefficient (Wildman–Crippen LogP) is 3.97. The first-order valence-corrected chi connectivity index (χ1v) is 9.29. The average molecular weight is 304 g/mol. The van der Waals surface area contributed by atoms with Gasteiger partial charge in [-0.2, -0.15) is 0 Å². The van der Waals surface area contributed by atoms with E-state index in [2.05, 4.69) is 0 Å². The molecule has 0 unspecified atom stereocenters. The molecule has 0 heterocycles. The van der Waals surface area contributed by atoms with Gasteiger partial charge in [0, 0.05) is 0 Å². The molecule has 108 valence electrons. The molecular weight excluding hydrogens is 287 g/mol. The molecule has 0 aliphatic rings. The number of benzene rings is 3. The molecule has 0 N–H and O–H groups in total. The van der Waals surface area contributed by atoms with E-state index in [9.17, 15) is 0 Å². The second-order valence-electron chi connectivity index (χ2n) is 5.19. The summed E-state index contributed by atoms with van der Waals surface area (Å²) in [5, 5.41) is 1.54. The van der Waals surface area contributed by atoms with Gasteiger partial charge in [-0.25, -0.2) is 0 Å². The molecule has 0 atom stereocenters. The third-order valence-corrected chi connectivity index (χ3v) is 6.67. The van der Waals surface area contributed by atoms with Crippen LogP contribution in [0.5, 0.6) is 0 Å². The molecule has 3 aromatic rings. The second kappa shape index (κ2) is 6.54. The molecule has 0 saturated carbocycles. The van der Waals surface area contributed by atoms with Crippen molar-refractivity contribution in [1.29, 1.82) is 0 Å². The lowest BCUT2D eigenvalue weighted by Gasteiger charge is -2.19. The highest BCUT2D eigenvalue weighted by Crippen LogP contribution is 2.12. The fraction of sp³-hybridized carbons (Fsp3) is 0. The molecule has 0 saturated heterocycles. The SMILES string of the molecule is F[Si](/C=C\c1ccccc1)(c1ccccc1)c1ccccc1. The molecule has 3 rings (SSSR count). The van der Waals surface area contributed by atoms with Crippen LogP contribution < -0.4 is 10.4 Å². The van der Waals surface area contributed by atoms with Crippen molar-refractivity contribution in [3.8, 4) is 0 Å². The van der Waals surface area contributed by atoms with E-state index in [1.54, 1.807) is 5.70 Å². The molecule has 0 aliphatic carbocycles. The van der Waals surface area contributed by atoms with Crippen LogP contribution >= 0.6 is 0 Å². The van der Waals surface area contributed by atoms with Crippen LogP contribution in [0.25, 0.3) is 6.08 Å². The van der Waals surface area contributed by atoms with Gasteiger partial charge in [0.1, 0.15) is 0 Å². The Hall–Kier alpha value is -2.45. The molecule has 0 aliphatic heterocycles. The van der Waals surface area contributed by atoms with Gasteiger partial charge < -0.3 is 0 Å². The molecular formula is C20H17FSi. The van der Waals surface area contributed by atoms with Crippen molar-refractivity contribution in [3.05, 3.63) is 102 Å². The maximum Gasteiger partial charge on any atom is 0.332 e. The zero-order chi connectivity index (χ0) is 15.3. The lowest BCUT2D eigenvalue weighted by Crippen LogP contribution is -2.53. The zero-order valence-corrected chi connectivity index (χ0v) is 13.2. The van der Waals surface area contributed by atoms with E-state index in [1.807, 2.05) is 97.1 Å². The van der Waals surface area contributed by atoms with Crippen LogP contribution in [0.15, 0.2) is 96.7 Å². The molecule has 0 aromatic heterocycles. The third kappa shape index (κ3) is 3.07. The topological polar surface area (TPSA) is 0 Å². The van der Waals surface area contributed by atoms with Gasteiger partial charge in [-0.3, -0.25) is 4.11 Å². The van der Waals surface area contributed by atoms with Gasteiger partial charge in [-0.1, -0.05) is 103 Å². The first kappa shape index (κ1) is 14.5. The monoisotopic (exact) mass is 304 g/mol. The number of halogens is 1. The van der Waals surface area contributed by atoms with Crippen molar-refractivity contribution in [3.63, 3.8) is 0 Å². The zero-order valence-electron chi connectivity index (χ0n) is 12.2. The minimum atomic E-state index is -3.36. The molecule has 2 heteroatoms. The quantitative estimate of drug-likeness (QED) is 0.505. The predicted molar refractivity (Wildman–Crippen MR) is 94.5 cm³/mol. The summed E-state index contributed by atoms with van der Waals surface area (Å²) in [4.78, 5) is 0. The molecule has 3 aromatic carbocycles. The van der Waals surface area contributed by atoms with Crippen LogP contribution in [-0.4, -0.2) is 8.41 Å². The fourth-order valence-electron chi connectivity index (χ4n) is 2.50. The smallest absolute Gasteiger partial charge is 0.296 e. The van der Waals surface area contributed by atoms with Gasteiger partial charge in [0.05, 0.1) is 0 Å². The van der Waals surface area contributed by atoms with Crippen LogP contribution in [0.1, 0.15) is 5.56 Å². The Morgan fingerprint density at radius 1 is 0.591 bits per heavy atom. The minimum Gasteiger partial charge on any atom is -0.296 e. The van der Waals surface area contributed by atoms with Crippen LogP contribution in [0.2, 0.25) is 0 Å². The van der Waals surface area contributed by atoms with Gasteiger partial charge in [0.15, 0.2) is 0 Å². The highest BCUT2D eigenvalue weighted by atomic mass is 28.4. The van der Waals surface area contributed by atoms with Gasteiger partial charge in [0.2, 0.25) is 0 Å². The van der Waals surface area contributed by atoms with Gasteiger partial charge in [0.25, 0.3) is 0 Å². The molecule has 0 spiro atoms. The molecule has 0 nitrogen and oxygen atoms in total. The Kier molecular flexibility index (Phi) is 4.31. The summed E-state index contributed by atoms with van der Waals surface area (Å²) < 4.78 is 16.0. The van der Waals surface area contributed by atoms with E-state index in [4.69, 9.17) is 0 Å². The maximum absolute atomic E-state index is 16.0. The molecule has 0 bridgehead atoms. The first-order chi connectivity index (χ1) is 10.8. The Bertz CT molecular complexity index is 697. The van der Waals surface area contributed by atoms with Crippen LogP contribution in [-0.2, 0) is 0 Å². The minimum absolute atomic E-state index is 0.772. The van der Waals surface area contributed by atoms with E-state index in [0.717, 1.165) is 15.9 Å². The summed E-state index contributed by atoms with van der Waals surface area (Å²) >= 11 is 0. The van der Waals surface area contributed by atoms with Gasteiger partial charge in [-0.05, 0) is 15.9 Å². The average Bonchev–Trinajstić information content (AvgIpc) is 2.62. The van der Waals surface area contributed by atoms with Crippen LogP contribution in [0.4, 0.5) is 4.11 Å². The van der Waals surface area contributed by atoms with Crippen molar-refractivity contribution >= 4 is 24.9 Å². The Morgan fingerprint density at radius 2 is 1.00 bits per heavy atom. The first-order valence-electron chi connectivity index (χ1n) is 7.33. The highest BCUT2D eigenvalue weighted by Gasteiger charge is 2.35. The highest BCUT2D eigenvalue weighted by molar-refractivity contribution is 7.01. The van der Waals surface area contributed by atoms with Crippen LogP contribution in [0.3, 0.4) is 0 Å². The van der Waals surface area contributed by atoms with E-state index < -0.39 is 8.41 Å². The van der Waals surface area contributed by atoms with Gasteiger partial charge in [-0.15, -0.1) is 0 Å². The third-order valence-electron chi connectivity index (χ3n) is 3.69. The van der Waals surface area contributed by atoms with E-state index in [0.29, 0.717) is 0 Å². The second-order valence-corrected chi connectivity index (χ2v) is 8.10. The van der Waals surface area contributed by atoms with E-state index in [-0.39, 0.29) is 0 Å². The van der Waals surface area contributed by atoms with Crippen molar-refractivity contribution < 1.29 is 4.11 Å². The number of hydrogen-bond donors (Lipinski definition) is 0. The Labute approximate surface area is 131 Å².